The lowest BCUT2D eigenvalue weighted by Crippen LogP contribution is -2.52. The van der Waals surface area contributed by atoms with Gasteiger partial charge >= 0.3 is 0 Å². The number of halogens is 3. The van der Waals surface area contributed by atoms with Crippen LogP contribution in [0, 0.1) is 0 Å². The maximum atomic E-state index is 14.1. The van der Waals surface area contributed by atoms with Gasteiger partial charge in [-0.25, -0.2) is 8.42 Å². The van der Waals surface area contributed by atoms with Crippen LogP contribution in [0.2, 0.25) is 15.1 Å². The summed E-state index contributed by atoms with van der Waals surface area (Å²) in [5.74, 6) is -0.858. The van der Waals surface area contributed by atoms with Gasteiger partial charge in [0, 0.05) is 33.7 Å². The third-order valence-electron chi connectivity index (χ3n) is 6.15. The maximum absolute atomic E-state index is 14.1. The standard InChI is InChI=1S/C28H30Cl3N3O5S/c1-4-24(28(36)32-5-2)33(17-21-22(30)12-9-13-23(21)31)27(35)18-34(25-16-19(29)14-15-26(25)39-3)40(37,38)20-10-7-6-8-11-20/h6-16,24H,4-5,17-18H2,1-3H3,(H,32,36)/t24-/m0/s1. The first kappa shape index (κ1) is 31.5. The Hall–Kier alpha value is -2.98. The summed E-state index contributed by atoms with van der Waals surface area (Å²) < 4.78 is 34.3. The van der Waals surface area contributed by atoms with Crippen molar-refractivity contribution in [3.8, 4) is 5.75 Å². The summed E-state index contributed by atoms with van der Waals surface area (Å²) in [6.07, 6.45) is 0.256. The third-order valence-corrected chi connectivity index (χ3v) is 8.86. The molecule has 0 bridgehead atoms. The highest BCUT2D eigenvalue weighted by Crippen LogP contribution is 2.35. The fraction of sp³-hybridized carbons (Fsp3) is 0.286. The van der Waals surface area contributed by atoms with E-state index >= 15 is 0 Å². The van der Waals surface area contributed by atoms with E-state index in [-0.39, 0.29) is 40.2 Å². The van der Waals surface area contributed by atoms with Crippen LogP contribution < -0.4 is 14.4 Å². The van der Waals surface area contributed by atoms with Gasteiger partial charge in [0.1, 0.15) is 18.3 Å². The first-order valence-corrected chi connectivity index (χ1v) is 15.0. The number of nitrogens with zero attached hydrogens (tertiary/aromatic N) is 2. The van der Waals surface area contributed by atoms with E-state index in [9.17, 15) is 18.0 Å². The summed E-state index contributed by atoms with van der Waals surface area (Å²) in [4.78, 5) is 28.4. The molecule has 3 aromatic carbocycles. The molecule has 0 saturated heterocycles. The van der Waals surface area contributed by atoms with Crippen molar-refractivity contribution in [2.45, 2.75) is 37.8 Å². The molecule has 12 heteroatoms. The molecule has 2 amide bonds. The summed E-state index contributed by atoms with van der Waals surface area (Å²) >= 11 is 19.1. The quantitative estimate of drug-likeness (QED) is 0.274. The molecule has 0 saturated carbocycles. The predicted octanol–water partition coefficient (Wildman–Crippen LogP) is 5.79. The zero-order valence-electron chi connectivity index (χ0n) is 22.2. The zero-order chi connectivity index (χ0) is 29.4. The lowest BCUT2D eigenvalue weighted by Gasteiger charge is -2.33. The summed E-state index contributed by atoms with van der Waals surface area (Å²) in [7, 11) is -2.90. The highest BCUT2D eigenvalue weighted by molar-refractivity contribution is 7.92. The Labute approximate surface area is 249 Å². The first-order valence-electron chi connectivity index (χ1n) is 12.5. The van der Waals surface area contributed by atoms with Crippen LogP contribution in [0.25, 0.3) is 0 Å². The number of hydrogen-bond acceptors (Lipinski definition) is 5. The number of hydrogen-bond donors (Lipinski definition) is 1. The second kappa shape index (κ2) is 14.1. The largest absolute Gasteiger partial charge is 0.495 e. The highest BCUT2D eigenvalue weighted by Gasteiger charge is 2.35. The molecule has 0 unspecified atom stereocenters. The topological polar surface area (TPSA) is 96.0 Å². The molecule has 40 heavy (non-hydrogen) atoms. The van der Waals surface area contributed by atoms with Gasteiger partial charge in [0.25, 0.3) is 10.0 Å². The Balaban J connectivity index is 2.16. The fourth-order valence-electron chi connectivity index (χ4n) is 4.16. The third kappa shape index (κ3) is 7.20. The number of sulfonamides is 1. The molecule has 214 valence electrons. The van der Waals surface area contributed by atoms with Gasteiger partial charge in [-0.2, -0.15) is 0 Å². The van der Waals surface area contributed by atoms with E-state index in [0.29, 0.717) is 22.2 Å². The molecular formula is C28H30Cl3N3O5S. The van der Waals surface area contributed by atoms with Crippen LogP contribution in [0.15, 0.2) is 71.6 Å². The Morgan fingerprint density at radius 1 is 0.950 bits per heavy atom. The molecule has 0 radical (unpaired) electrons. The van der Waals surface area contributed by atoms with Crippen molar-refractivity contribution < 1.29 is 22.7 Å². The number of nitrogens with one attached hydrogen (secondary N) is 1. The molecule has 0 aromatic heterocycles. The summed E-state index contributed by atoms with van der Waals surface area (Å²) in [6.45, 7) is 3.08. The molecule has 1 atom stereocenters. The molecule has 8 nitrogen and oxygen atoms in total. The van der Waals surface area contributed by atoms with Crippen molar-refractivity contribution in [1.29, 1.82) is 0 Å². The minimum atomic E-state index is -4.29. The van der Waals surface area contributed by atoms with Crippen LogP contribution in [0.1, 0.15) is 25.8 Å². The Morgan fingerprint density at radius 2 is 1.60 bits per heavy atom. The van der Waals surface area contributed by atoms with Crippen LogP contribution in [0.3, 0.4) is 0 Å². The Bertz CT molecular complexity index is 1430. The molecule has 0 spiro atoms. The fourth-order valence-corrected chi connectivity index (χ4v) is 6.28. The van der Waals surface area contributed by atoms with E-state index < -0.39 is 28.5 Å². The van der Waals surface area contributed by atoms with Crippen molar-refractivity contribution in [3.63, 3.8) is 0 Å². The van der Waals surface area contributed by atoms with Crippen molar-refractivity contribution in [2.24, 2.45) is 0 Å². The van der Waals surface area contributed by atoms with Crippen LogP contribution in [0.5, 0.6) is 5.75 Å². The van der Waals surface area contributed by atoms with E-state index in [1.807, 2.05) is 0 Å². The van der Waals surface area contributed by atoms with Gasteiger partial charge < -0.3 is 15.0 Å². The number of likely N-dealkylation sites (N-methyl/N-ethyl adjacent to an activating group) is 1. The van der Waals surface area contributed by atoms with Gasteiger partial charge in [-0.3, -0.25) is 13.9 Å². The second-order valence-electron chi connectivity index (χ2n) is 8.68. The number of amides is 2. The van der Waals surface area contributed by atoms with Crippen LogP contribution in [-0.2, 0) is 26.2 Å². The van der Waals surface area contributed by atoms with Crippen molar-refractivity contribution in [3.05, 3.63) is 87.4 Å². The van der Waals surface area contributed by atoms with Gasteiger partial charge in [-0.05, 0) is 55.8 Å². The minimum absolute atomic E-state index is 0.0405. The van der Waals surface area contributed by atoms with E-state index in [0.717, 1.165) is 4.31 Å². The first-order chi connectivity index (χ1) is 19.0. The summed E-state index contributed by atoms with van der Waals surface area (Å²) in [6, 6.07) is 16.2. The van der Waals surface area contributed by atoms with E-state index in [2.05, 4.69) is 5.32 Å². The number of carbonyl (C=O) groups is 2. The maximum Gasteiger partial charge on any atom is 0.264 e. The lowest BCUT2D eigenvalue weighted by atomic mass is 10.1. The Morgan fingerprint density at radius 3 is 2.17 bits per heavy atom. The molecule has 0 fully saturated rings. The molecule has 3 aromatic rings. The number of rotatable bonds is 12. The second-order valence-corrected chi connectivity index (χ2v) is 11.8. The molecule has 0 aliphatic rings. The van der Waals surface area contributed by atoms with Crippen LogP contribution >= 0.6 is 34.8 Å². The highest BCUT2D eigenvalue weighted by atomic mass is 35.5. The molecular weight excluding hydrogens is 597 g/mol. The monoisotopic (exact) mass is 625 g/mol. The lowest BCUT2D eigenvalue weighted by molar-refractivity contribution is -0.140. The molecule has 0 aliphatic heterocycles. The van der Waals surface area contributed by atoms with Crippen molar-refractivity contribution in [2.75, 3.05) is 24.5 Å². The normalized spacial score (nSPS) is 11.9. The van der Waals surface area contributed by atoms with Crippen molar-refractivity contribution >= 4 is 62.3 Å². The number of methoxy groups -OCH3 is 1. The number of carbonyl (C=O) groups excluding carboxylic acids is 2. The SMILES string of the molecule is CCNC(=O)[C@H](CC)N(Cc1c(Cl)cccc1Cl)C(=O)CN(c1cc(Cl)ccc1OC)S(=O)(=O)c1ccccc1. The van der Waals surface area contributed by atoms with Gasteiger partial charge in [-0.1, -0.05) is 66.0 Å². The van der Waals surface area contributed by atoms with Crippen molar-refractivity contribution in [1.82, 2.24) is 10.2 Å². The minimum Gasteiger partial charge on any atom is -0.495 e. The van der Waals surface area contributed by atoms with Gasteiger partial charge in [0.2, 0.25) is 11.8 Å². The molecule has 0 heterocycles. The van der Waals surface area contributed by atoms with Gasteiger partial charge in [0.15, 0.2) is 0 Å². The van der Waals surface area contributed by atoms with Crippen LogP contribution in [-0.4, -0.2) is 51.4 Å². The predicted molar refractivity (Wildman–Crippen MR) is 159 cm³/mol. The molecule has 1 N–H and O–H groups in total. The van der Waals surface area contributed by atoms with Gasteiger partial charge in [-0.15, -0.1) is 0 Å². The number of benzene rings is 3. The average Bonchev–Trinajstić information content (AvgIpc) is 2.93. The van der Waals surface area contributed by atoms with Gasteiger partial charge in [0.05, 0.1) is 17.7 Å². The van der Waals surface area contributed by atoms with E-state index in [1.54, 1.807) is 56.3 Å². The zero-order valence-corrected chi connectivity index (χ0v) is 25.3. The van der Waals surface area contributed by atoms with Crippen LogP contribution in [0.4, 0.5) is 5.69 Å². The van der Waals surface area contributed by atoms with E-state index in [1.165, 1.54) is 36.3 Å². The molecule has 0 aliphatic carbocycles. The smallest absolute Gasteiger partial charge is 0.264 e. The average molecular weight is 627 g/mol. The Kier molecular flexibility index (Phi) is 11.1. The molecule has 3 rings (SSSR count). The summed E-state index contributed by atoms with van der Waals surface area (Å²) in [5, 5.41) is 3.60. The summed E-state index contributed by atoms with van der Waals surface area (Å²) in [5.41, 5.74) is 0.494. The number of ether oxygens (including phenoxy) is 1. The van der Waals surface area contributed by atoms with E-state index in [4.69, 9.17) is 39.5 Å². The number of anilines is 1.